The molecule has 0 amide bonds. The van der Waals surface area contributed by atoms with E-state index in [9.17, 15) is 0 Å². The Kier molecular flexibility index (Phi) is 18.5. The van der Waals surface area contributed by atoms with E-state index in [1.165, 1.54) is 44.9 Å². The average Bonchev–Trinajstić information content (AvgIpc) is 2.03. The molecule has 0 aromatic carbocycles. The fraction of sp³-hybridized carbons (Fsp3) is 0.900. The molecular weight excluding hydrogens is 221 g/mol. The van der Waals surface area contributed by atoms with E-state index in [2.05, 4.69) is 6.92 Å². The van der Waals surface area contributed by atoms with Gasteiger partial charge in [0.15, 0.2) is 0 Å². The molecule has 0 radical (unpaired) electrons. The maximum absolute atomic E-state index is 5.56. The number of hydrogen-bond donors (Lipinski definition) is 0. The fourth-order valence-electron chi connectivity index (χ4n) is 1.16. The molecule has 12 heavy (non-hydrogen) atoms. The standard InChI is InChI=1S/C10H20Cl.Zn/c1-2-3-4-5-6-7-8-9-10-11;/h1-10H2;/q-1;. The topological polar surface area (TPSA) is 0 Å². The Hall–Kier alpha value is 0.913. The van der Waals surface area contributed by atoms with Crippen molar-refractivity contribution in [1.29, 1.82) is 0 Å². The Morgan fingerprint density at radius 1 is 0.750 bits per heavy atom. The fourth-order valence-corrected chi connectivity index (χ4v) is 1.34. The van der Waals surface area contributed by atoms with Crippen LogP contribution in [0, 0.1) is 6.92 Å². The minimum Gasteiger partial charge on any atom is -0.343 e. The molecular formula is C10H20ClZn-. The van der Waals surface area contributed by atoms with E-state index in [1.54, 1.807) is 0 Å². The number of alkyl halides is 1. The molecule has 0 fully saturated rings. The maximum atomic E-state index is 5.56. The summed E-state index contributed by atoms with van der Waals surface area (Å²) in [6.07, 6.45) is 10.4. The molecule has 0 unspecified atom stereocenters. The van der Waals surface area contributed by atoms with Gasteiger partial charge in [0.05, 0.1) is 0 Å². The molecule has 0 aromatic rings. The van der Waals surface area contributed by atoms with Gasteiger partial charge in [0, 0.05) is 25.4 Å². The van der Waals surface area contributed by atoms with Crippen molar-refractivity contribution < 1.29 is 19.5 Å². The SMILES string of the molecule is [CH2-]CCCCCCCCCCl.[Zn]. The van der Waals surface area contributed by atoms with E-state index in [4.69, 9.17) is 11.6 Å². The molecule has 0 heterocycles. The van der Waals surface area contributed by atoms with Crippen molar-refractivity contribution in [2.45, 2.75) is 51.4 Å². The molecule has 0 bridgehead atoms. The van der Waals surface area contributed by atoms with Crippen LogP contribution in [0.1, 0.15) is 51.4 Å². The smallest absolute Gasteiger partial charge is 0.0223 e. The van der Waals surface area contributed by atoms with Crippen LogP contribution >= 0.6 is 11.6 Å². The normalized spacial score (nSPS) is 9.50. The van der Waals surface area contributed by atoms with Crippen molar-refractivity contribution in [2.24, 2.45) is 0 Å². The third-order valence-electron chi connectivity index (χ3n) is 1.88. The van der Waals surface area contributed by atoms with Crippen molar-refractivity contribution in [3.05, 3.63) is 6.92 Å². The third-order valence-corrected chi connectivity index (χ3v) is 2.15. The van der Waals surface area contributed by atoms with Gasteiger partial charge >= 0.3 is 0 Å². The molecule has 70 valence electrons. The monoisotopic (exact) mass is 239 g/mol. The summed E-state index contributed by atoms with van der Waals surface area (Å²) in [6.45, 7) is 3.82. The summed E-state index contributed by atoms with van der Waals surface area (Å²) in [6, 6.07) is 0. The number of hydrogen-bond acceptors (Lipinski definition) is 0. The third kappa shape index (κ3) is 13.5. The van der Waals surface area contributed by atoms with Gasteiger partial charge in [-0.3, -0.25) is 0 Å². The summed E-state index contributed by atoms with van der Waals surface area (Å²) in [5.74, 6) is 0.832. The molecule has 0 aromatic heterocycles. The van der Waals surface area contributed by atoms with Crippen LogP contribution in [0.5, 0.6) is 0 Å². The van der Waals surface area contributed by atoms with Gasteiger partial charge < -0.3 is 6.92 Å². The van der Waals surface area contributed by atoms with Crippen molar-refractivity contribution in [3.63, 3.8) is 0 Å². The van der Waals surface area contributed by atoms with Crippen LogP contribution < -0.4 is 0 Å². The van der Waals surface area contributed by atoms with Crippen molar-refractivity contribution in [3.8, 4) is 0 Å². The van der Waals surface area contributed by atoms with E-state index in [0.29, 0.717) is 0 Å². The van der Waals surface area contributed by atoms with E-state index in [0.717, 1.165) is 12.3 Å². The summed E-state index contributed by atoms with van der Waals surface area (Å²) in [7, 11) is 0. The van der Waals surface area contributed by atoms with Crippen LogP contribution in [0.3, 0.4) is 0 Å². The van der Waals surface area contributed by atoms with Crippen LogP contribution in [0.25, 0.3) is 0 Å². The molecule has 0 atom stereocenters. The predicted octanol–water partition coefficient (Wildman–Crippen LogP) is 4.18. The number of halogens is 1. The summed E-state index contributed by atoms with van der Waals surface area (Å²) >= 11 is 5.56. The number of rotatable bonds is 8. The zero-order valence-electron chi connectivity index (χ0n) is 8.16. The first-order valence-electron chi connectivity index (χ1n) is 4.77. The van der Waals surface area contributed by atoms with Gasteiger partial charge in [-0.2, -0.15) is 6.42 Å². The zero-order valence-corrected chi connectivity index (χ0v) is 11.9. The van der Waals surface area contributed by atoms with Crippen molar-refractivity contribution in [2.75, 3.05) is 5.88 Å². The Morgan fingerprint density at radius 3 is 1.58 bits per heavy atom. The predicted molar refractivity (Wildman–Crippen MR) is 53.0 cm³/mol. The average molecular weight is 241 g/mol. The molecule has 2 heteroatoms. The van der Waals surface area contributed by atoms with Crippen molar-refractivity contribution >= 4 is 11.6 Å². The minimum absolute atomic E-state index is 0. The summed E-state index contributed by atoms with van der Waals surface area (Å²) < 4.78 is 0. The van der Waals surface area contributed by atoms with Crippen LogP contribution in [0.2, 0.25) is 0 Å². The largest absolute Gasteiger partial charge is 0.343 e. The van der Waals surface area contributed by atoms with Gasteiger partial charge in [0.25, 0.3) is 0 Å². The summed E-state index contributed by atoms with van der Waals surface area (Å²) in [4.78, 5) is 0. The molecule has 0 aliphatic rings. The second-order valence-corrected chi connectivity index (χ2v) is 3.40. The Labute approximate surface area is 95.2 Å². The first-order chi connectivity index (χ1) is 5.41. The molecule has 0 saturated heterocycles. The van der Waals surface area contributed by atoms with Gasteiger partial charge in [-0.05, 0) is 6.42 Å². The Morgan fingerprint density at radius 2 is 1.17 bits per heavy atom. The van der Waals surface area contributed by atoms with Crippen LogP contribution in [-0.4, -0.2) is 5.88 Å². The minimum atomic E-state index is 0. The van der Waals surface area contributed by atoms with Gasteiger partial charge in [0.2, 0.25) is 0 Å². The van der Waals surface area contributed by atoms with E-state index >= 15 is 0 Å². The van der Waals surface area contributed by atoms with Crippen LogP contribution in [-0.2, 0) is 19.5 Å². The van der Waals surface area contributed by atoms with Crippen LogP contribution in [0.4, 0.5) is 0 Å². The van der Waals surface area contributed by atoms with E-state index < -0.39 is 0 Å². The summed E-state index contributed by atoms with van der Waals surface area (Å²) in [5.41, 5.74) is 0. The molecule has 0 rings (SSSR count). The molecule has 0 spiro atoms. The van der Waals surface area contributed by atoms with Crippen molar-refractivity contribution in [1.82, 2.24) is 0 Å². The van der Waals surface area contributed by atoms with Gasteiger partial charge in [0.1, 0.15) is 0 Å². The molecule has 0 aliphatic heterocycles. The van der Waals surface area contributed by atoms with Gasteiger partial charge in [-0.15, -0.1) is 11.6 Å². The first kappa shape index (κ1) is 15.4. The Bertz CT molecular complexity index is 58.9. The summed E-state index contributed by atoms with van der Waals surface area (Å²) in [5, 5.41) is 0. The quantitative estimate of drug-likeness (QED) is 0.259. The second kappa shape index (κ2) is 14.4. The molecule has 0 nitrogen and oxygen atoms in total. The maximum Gasteiger partial charge on any atom is 0.0223 e. The molecule has 0 saturated carbocycles. The van der Waals surface area contributed by atoms with E-state index in [-0.39, 0.29) is 19.5 Å². The van der Waals surface area contributed by atoms with Gasteiger partial charge in [-0.25, -0.2) is 0 Å². The number of unbranched alkanes of at least 4 members (excludes halogenated alkanes) is 7. The Balaban J connectivity index is 0. The zero-order chi connectivity index (χ0) is 8.36. The molecule has 0 aliphatic carbocycles. The van der Waals surface area contributed by atoms with E-state index in [1.807, 2.05) is 0 Å². The van der Waals surface area contributed by atoms with Crippen LogP contribution in [0.15, 0.2) is 0 Å². The molecule has 0 N–H and O–H groups in total. The second-order valence-electron chi connectivity index (χ2n) is 3.02. The first-order valence-corrected chi connectivity index (χ1v) is 5.30. The van der Waals surface area contributed by atoms with Gasteiger partial charge in [-0.1, -0.05) is 38.5 Å².